The minimum atomic E-state index is -0.946. The third-order valence-corrected chi connectivity index (χ3v) is 4.20. The first-order chi connectivity index (χ1) is 11.4. The van der Waals surface area contributed by atoms with Crippen LogP contribution in [0.4, 0.5) is 4.79 Å². The average Bonchev–Trinajstić information content (AvgIpc) is 2.59. The molecule has 7 heteroatoms. The number of hydrogen-bond donors (Lipinski definition) is 2. The fraction of sp³-hybridized carbons (Fsp3) is 0.471. The molecule has 1 aromatic carbocycles. The van der Waals surface area contributed by atoms with Crippen LogP contribution >= 0.6 is 0 Å². The van der Waals surface area contributed by atoms with E-state index in [2.05, 4.69) is 5.32 Å². The van der Waals surface area contributed by atoms with E-state index in [-0.39, 0.29) is 30.0 Å². The number of nitrogens with one attached hydrogen (secondary N) is 1. The number of urea groups is 1. The van der Waals surface area contributed by atoms with Crippen molar-refractivity contribution in [3.63, 3.8) is 0 Å². The van der Waals surface area contributed by atoms with Gasteiger partial charge in [0, 0.05) is 33.1 Å². The van der Waals surface area contributed by atoms with Crippen molar-refractivity contribution in [3.05, 3.63) is 35.4 Å². The lowest BCUT2D eigenvalue weighted by molar-refractivity contribution is -0.131. The number of amides is 3. The summed E-state index contributed by atoms with van der Waals surface area (Å²) in [6, 6.07) is 6.53. The number of carboxylic acid groups (broad SMARTS) is 1. The lowest BCUT2D eigenvalue weighted by atomic mass is 9.90. The number of benzene rings is 1. The zero-order valence-electron chi connectivity index (χ0n) is 14.0. The maximum atomic E-state index is 12.3. The van der Waals surface area contributed by atoms with Crippen molar-refractivity contribution < 1.29 is 19.5 Å². The number of likely N-dealkylation sites (tertiary alicyclic amines) is 1. The SMILES string of the molecule is CN(C)C(=O)NCC(=O)N1CCC[C@@H](c2ccc(C(=O)O)cc2)C1. The Kier molecular flexibility index (Phi) is 5.78. The zero-order chi connectivity index (χ0) is 17.7. The number of carbonyl (C=O) groups excluding carboxylic acids is 2. The highest BCUT2D eigenvalue weighted by Crippen LogP contribution is 2.27. The summed E-state index contributed by atoms with van der Waals surface area (Å²) in [5.41, 5.74) is 1.30. The van der Waals surface area contributed by atoms with Gasteiger partial charge >= 0.3 is 12.0 Å². The van der Waals surface area contributed by atoms with Crippen LogP contribution in [0.15, 0.2) is 24.3 Å². The molecule has 3 amide bonds. The number of rotatable bonds is 4. The van der Waals surface area contributed by atoms with E-state index in [1.165, 1.54) is 4.90 Å². The van der Waals surface area contributed by atoms with Gasteiger partial charge in [-0.3, -0.25) is 4.79 Å². The highest BCUT2D eigenvalue weighted by Gasteiger charge is 2.25. The van der Waals surface area contributed by atoms with Crippen LogP contribution in [0, 0.1) is 0 Å². The molecular weight excluding hydrogens is 310 g/mol. The molecular formula is C17H23N3O4. The van der Waals surface area contributed by atoms with Crippen LogP contribution in [-0.2, 0) is 4.79 Å². The van der Waals surface area contributed by atoms with E-state index in [9.17, 15) is 14.4 Å². The highest BCUT2D eigenvalue weighted by atomic mass is 16.4. The van der Waals surface area contributed by atoms with Crippen molar-refractivity contribution in [2.75, 3.05) is 33.7 Å². The molecule has 1 heterocycles. The van der Waals surface area contributed by atoms with Gasteiger partial charge in [0.05, 0.1) is 12.1 Å². The van der Waals surface area contributed by atoms with Crippen molar-refractivity contribution in [1.29, 1.82) is 0 Å². The Morgan fingerprint density at radius 2 is 1.92 bits per heavy atom. The fourth-order valence-corrected chi connectivity index (χ4v) is 2.79. The van der Waals surface area contributed by atoms with Gasteiger partial charge in [0.1, 0.15) is 0 Å². The average molecular weight is 333 g/mol. The van der Waals surface area contributed by atoms with Crippen LogP contribution < -0.4 is 5.32 Å². The molecule has 24 heavy (non-hydrogen) atoms. The van der Waals surface area contributed by atoms with Crippen LogP contribution in [0.1, 0.15) is 34.7 Å². The van der Waals surface area contributed by atoms with Gasteiger partial charge in [0.25, 0.3) is 0 Å². The molecule has 0 unspecified atom stereocenters. The second-order valence-electron chi connectivity index (χ2n) is 6.16. The van der Waals surface area contributed by atoms with E-state index in [0.717, 1.165) is 18.4 Å². The van der Waals surface area contributed by atoms with Crippen LogP contribution in [0.3, 0.4) is 0 Å². The molecule has 1 aliphatic heterocycles. The summed E-state index contributed by atoms with van der Waals surface area (Å²) in [4.78, 5) is 37.8. The Hall–Kier alpha value is -2.57. The van der Waals surface area contributed by atoms with Gasteiger partial charge in [0.15, 0.2) is 0 Å². The van der Waals surface area contributed by atoms with Gasteiger partial charge in [-0.1, -0.05) is 12.1 Å². The summed E-state index contributed by atoms with van der Waals surface area (Å²) in [5.74, 6) is -0.856. The molecule has 0 spiro atoms. The predicted octanol–water partition coefficient (Wildman–Crippen LogP) is 1.36. The molecule has 2 rings (SSSR count). The van der Waals surface area contributed by atoms with E-state index in [1.54, 1.807) is 31.1 Å². The van der Waals surface area contributed by atoms with Crippen LogP contribution in [0.25, 0.3) is 0 Å². The van der Waals surface area contributed by atoms with E-state index in [4.69, 9.17) is 5.11 Å². The number of hydrogen-bond acceptors (Lipinski definition) is 3. The molecule has 1 aliphatic rings. The van der Waals surface area contributed by atoms with Crippen molar-refractivity contribution in [3.8, 4) is 0 Å². The maximum Gasteiger partial charge on any atom is 0.335 e. The predicted molar refractivity (Wildman–Crippen MR) is 89.0 cm³/mol. The number of piperidine rings is 1. The summed E-state index contributed by atoms with van der Waals surface area (Å²) >= 11 is 0. The molecule has 1 fully saturated rings. The van der Waals surface area contributed by atoms with Gasteiger partial charge in [-0.2, -0.15) is 0 Å². The summed E-state index contributed by atoms with van der Waals surface area (Å²) in [5, 5.41) is 11.5. The smallest absolute Gasteiger partial charge is 0.335 e. The first-order valence-electron chi connectivity index (χ1n) is 7.94. The van der Waals surface area contributed by atoms with Crippen molar-refractivity contribution in [2.45, 2.75) is 18.8 Å². The lowest BCUT2D eigenvalue weighted by Crippen LogP contribution is -2.46. The van der Waals surface area contributed by atoms with Gasteiger partial charge in [-0.05, 0) is 30.5 Å². The minimum absolute atomic E-state index is 0.0122. The van der Waals surface area contributed by atoms with Crippen LogP contribution in [-0.4, -0.2) is 66.5 Å². The topological polar surface area (TPSA) is 90.0 Å². The second kappa shape index (κ2) is 7.81. The number of carboxylic acids is 1. The minimum Gasteiger partial charge on any atom is -0.478 e. The van der Waals surface area contributed by atoms with Crippen molar-refractivity contribution in [1.82, 2.24) is 15.1 Å². The molecule has 1 atom stereocenters. The molecule has 0 bridgehead atoms. The molecule has 0 saturated carbocycles. The zero-order valence-corrected chi connectivity index (χ0v) is 14.0. The summed E-state index contributed by atoms with van der Waals surface area (Å²) < 4.78 is 0. The fourth-order valence-electron chi connectivity index (χ4n) is 2.79. The Balaban J connectivity index is 1.94. The largest absolute Gasteiger partial charge is 0.478 e. The molecule has 0 radical (unpaired) electrons. The Morgan fingerprint density at radius 1 is 1.25 bits per heavy atom. The number of aromatic carboxylic acids is 1. The third kappa shape index (κ3) is 4.47. The van der Waals surface area contributed by atoms with Crippen LogP contribution in [0.5, 0.6) is 0 Å². The first-order valence-corrected chi connectivity index (χ1v) is 7.94. The Morgan fingerprint density at radius 3 is 2.50 bits per heavy atom. The van der Waals surface area contributed by atoms with E-state index >= 15 is 0 Å². The van der Waals surface area contributed by atoms with Gasteiger partial charge < -0.3 is 20.2 Å². The summed E-state index contributed by atoms with van der Waals surface area (Å²) in [6.45, 7) is 1.26. The monoisotopic (exact) mass is 333 g/mol. The van der Waals surface area contributed by atoms with Crippen molar-refractivity contribution in [2.24, 2.45) is 0 Å². The summed E-state index contributed by atoms with van der Waals surface area (Å²) in [7, 11) is 3.25. The second-order valence-corrected chi connectivity index (χ2v) is 6.16. The Labute approximate surface area is 141 Å². The molecule has 0 aliphatic carbocycles. The van der Waals surface area contributed by atoms with E-state index in [1.807, 2.05) is 12.1 Å². The molecule has 7 nitrogen and oxygen atoms in total. The van der Waals surface area contributed by atoms with E-state index < -0.39 is 5.97 Å². The maximum absolute atomic E-state index is 12.3. The molecule has 130 valence electrons. The number of carbonyl (C=O) groups is 3. The summed E-state index contributed by atoms with van der Waals surface area (Å²) in [6.07, 6.45) is 1.85. The molecule has 0 aromatic heterocycles. The molecule has 1 saturated heterocycles. The van der Waals surface area contributed by atoms with Gasteiger partial charge in [-0.25, -0.2) is 9.59 Å². The highest BCUT2D eigenvalue weighted by molar-refractivity contribution is 5.87. The van der Waals surface area contributed by atoms with Crippen LogP contribution in [0.2, 0.25) is 0 Å². The molecule has 1 aromatic rings. The van der Waals surface area contributed by atoms with Gasteiger partial charge in [-0.15, -0.1) is 0 Å². The quantitative estimate of drug-likeness (QED) is 0.870. The van der Waals surface area contributed by atoms with Crippen molar-refractivity contribution >= 4 is 17.9 Å². The standard InChI is InChI=1S/C17H23N3O4/c1-19(2)17(24)18-10-15(21)20-9-3-4-14(11-20)12-5-7-13(8-6-12)16(22)23/h5-8,14H,3-4,9-11H2,1-2H3,(H,18,24)(H,22,23)/t14-/m1/s1. The Bertz CT molecular complexity index is 613. The molecule has 2 N–H and O–H groups in total. The number of nitrogens with zero attached hydrogens (tertiary/aromatic N) is 2. The third-order valence-electron chi connectivity index (χ3n) is 4.20. The first kappa shape index (κ1) is 17.8. The lowest BCUT2D eigenvalue weighted by Gasteiger charge is -2.33. The normalized spacial score (nSPS) is 17.2. The van der Waals surface area contributed by atoms with E-state index in [0.29, 0.717) is 13.1 Å². The van der Waals surface area contributed by atoms with Gasteiger partial charge in [0.2, 0.25) is 5.91 Å².